The van der Waals surface area contributed by atoms with Crippen molar-refractivity contribution in [1.82, 2.24) is 4.90 Å². The molecule has 0 radical (unpaired) electrons. The summed E-state index contributed by atoms with van der Waals surface area (Å²) in [4.78, 5) is 187. The molecule has 5 N–H and O–H groups in total. The van der Waals surface area contributed by atoms with Gasteiger partial charge in [0.2, 0.25) is 5.91 Å². The summed E-state index contributed by atoms with van der Waals surface area (Å²) in [5.41, 5.74) is -3.97. The first-order valence-electron chi connectivity index (χ1n) is 42.2. The van der Waals surface area contributed by atoms with E-state index in [1.165, 1.54) is 42.1 Å². The topological polar surface area (TPSA) is 562 Å². The quantitative estimate of drug-likeness (QED) is 0.0104. The van der Waals surface area contributed by atoms with Crippen molar-refractivity contribution in [2.45, 2.75) is 178 Å². The molecule has 0 heterocycles. The fraction of sp³-hybridized carbons (Fsp3) is 0.613. The van der Waals surface area contributed by atoms with Crippen molar-refractivity contribution < 1.29 is 197 Å². The lowest BCUT2D eigenvalue weighted by molar-refractivity contribution is -0.167. The maximum atomic E-state index is 12.9. The van der Waals surface area contributed by atoms with Crippen molar-refractivity contribution in [3.05, 3.63) is 121 Å². The summed E-state index contributed by atoms with van der Waals surface area (Å²) in [6.07, 6.45) is 2.20. The molecular formula is C93H147NO41. The molecule has 0 aliphatic rings. The van der Waals surface area contributed by atoms with Crippen LogP contribution in [0.15, 0.2) is 98.7 Å². The van der Waals surface area contributed by atoms with Gasteiger partial charge in [0.25, 0.3) is 0 Å². The van der Waals surface area contributed by atoms with Crippen molar-refractivity contribution >= 4 is 95.3 Å². The summed E-state index contributed by atoms with van der Waals surface area (Å²) in [6.45, 7) is 45.9. The van der Waals surface area contributed by atoms with Crippen molar-refractivity contribution in [1.29, 1.82) is 0 Å². The monoisotopic (exact) mass is 1930 g/mol. The third-order valence-electron chi connectivity index (χ3n) is 17.5. The second-order valence-electron chi connectivity index (χ2n) is 30.3. The van der Waals surface area contributed by atoms with Crippen LogP contribution in [0.2, 0.25) is 0 Å². The van der Waals surface area contributed by atoms with Gasteiger partial charge in [-0.25, -0.2) is 38.4 Å². The van der Waals surface area contributed by atoms with E-state index in [-0.39, 0.29) is 150 Å². The molecule has 0 aliphatic carbocycles. The molecule has 0 spiro atoms. The van der Waals surface area contributed by atoms with Crippen LogP contribution in [0.25, 0.3) is 0 Å². The number of ketones is 1. The van der Waals surface area contributed by atoms with Gasteiger partial charge in [-0.3, -0.25) is 38.4 Å². The molecule has 7 unspecified atom stereocenters. The van der Waals surface area contributed by atoms with Crippen LogP contribution in [0.4, 0.5) is 0 Å². The van der Waals surface area contributed by atoms with E-state index in [0.717, 1.165) is 31.9 Å². The highest BCUT2D eigenvalue weighted by Crippen LogP contribution is 2.28. The standard InChI is InChI=1S/C25H30O13.C19H30O9.C15H25NO6.C9H16O4.C9H16O2.C8H14O4.C8H16O3/c1-6-25(11-35-5,24(34)37-10-15(27)9-36-22(32)13(2)3)12-38-23(33)19-7-16(14(4)26)17(20(28)29)8-18(19)21(30)31;1-6-19(4,5)18(24)26-10-9-25-15(21)7-8-16(22)27-11-14(20)12-28-17(23)13(2)3;1-5-8-16(4)13(18)6-7-14(19)21-9-12(17)10-22-15(20)11(2)3;1-7(2)9(10)13-6-8(12-4)5-11-3;1-5-7-11-8(10)9(3,4)6-2;1-4-8(9)12-6-7(11-3)5-10-2;1-4-5-11-7-8(10-3)6-9-2/h7-8,15,27H,2,6,9-12H2,1,3-5H3,(H,28,29)(H,30,31);14,20H,2,6-12H2,1,3-5H3;12,17H,2,5-10H2,1,3-4H3;8H,1,5-6H2,2-4H3;5H,1,6-7H2,2-4H3;4,7H,1,5-6H2,2-3H3;4,8H,1,5-7H2,2-3H3. The van der Waals surface area contributed by atoms with Crippen LogP contribution in [0.5, 0.6) is 0 Å². The van der Waals surface area contributed by atoms with Crippen LogP contribution in [-0.4, -0.2) is 345 Å². The average Bonchev–Trinajstić information content (AvgIpc) is 0.789. The Balaban J connectivity index is -0.000000380. The van der Waals surface area contributed by atoms with Crippen molar-refractivity contribution in [2.75, 3.05) is 182 Å². The average molecular weight is 1940 g/mol. The van der Waals surface area contributed by atoms with E-state index >= 15 is 0 Å². The maximum Gasteiger partial charge on any atom is 0.339 e. The minimum atomic E-state index is -1.64. The van der Waals surface area contributed by atoms with Crippen LogP contribution in [0.1, 0.15) is 183 Å². The van der Waals surface area contributed by atoms with Crippen LogP contribution in [-0.2, 0) is 152 Å². The number of carbonyl (C=O) groups excluding carboxylic acids is 14. The van der Waals surface area contributed by atoms with Crippen molar-refractivity contribution in [3.63, 3.8) is 0 Å². The van der Waals surface area contributed by atoms with E-state index in [1.807, 2.05) is 34.6 Å². The number of benzene rings is 1. The molecule has 0 saturated carbocycles. The number of carbonyl (C=O) groups is 16. The fourth-order valence-corrected chi connectivity index (χ4v) is 8.52. The molecule has 0 bridgehead atoms. The number of Topliss-reactive ketones (excluding diaryl/α,β-unsaturated/α-hetero) is 1. The van der Waals surface area contributed by atoms with E-state index < -0.39 is 149 Å². The minimum absolute atomic E-state index is 0.0239. The predicted molar refractivity (Wildman–Crippen MR) is 487 cm³/mol. The van der Waals surface area contributed by atoms with E-state index in [2.05, 4.69) is 46.1 Å². The highest BCUT2D eigenvalue weighted by Gasteiger charge is 2.42. The molecule has 1 amide bonds. The zero-order valence-corrected chi connectivity index (χ0v) is 82.3. The summed E-state index contributed by atoms with van der Waals surface area (Å²) < 4.78 is 98.3. The summed E-state index contributed by atoms with van der Waals surface area (Å²) in [7, 11) is 12.4. The number of amides is 1. The Morgan fingerprint density at radius 2 is 0.748 bits per heavy atom. The Morgan fingerprint density at radius 1 is 0.393 bits per heavy atom. The van der Waals surface area contributed by atoms with Crippen LogP contribution < -0.4 is 0 Å². The van der Waals surface area contributed by atoms with Crippen LogP contribution >= 0.6 is 0 Å². The van der Waals surface area contributed by atoms with Gasteiger partial charge in [-0.2, -0.15) is 0 Å². The third kappa shape index (κ3) is 66.7. The molecule has 0 aromatic heterocycles. The zero-order chi connectivity index (χ0) is 105. The van der Waals surface area contributed by atoms with E-state index in [0.29, 0.717) is 64.2 Å². The molecule has 42 heteroatoms. The number of esters is 12. The van der Waals surface area contributed by atoms with Gasteiger partial charge in [0.15, 0.2) is 5.78 Å². The van der Waals surface area contributed by atoms with Gasteiger partial charge < -0.3 is 125 Å². The summed E-state index contributed by atoms with van der Waals surface area (Å²) >= 11 is 0. The SMILES string of the molecule is C=C(C)C(=O)OCC(COC)OC.C=C(C)C(=O)OCC(O)COC(=O)C(CC)(COC)COC(=O)c1cc(C(C)=O)c(C(=O)O)cc1C(=O)O.C=C(C)C(=O)OCC(O)COC(=O)CCC(=O)N(C)CCC.C=C(C)C(=O)OCC(O)COC(=O)CCC(=O)OCCOC(=O)C(C)(C)CC.C=CC(=O)OCC(COC)OC.C=CCOC(=O)C(C)(C)CC.C=CCOCC(COC)OC. The first-order chi connectivity index (χ1) is 63.2. The predicted octanol–water partition coefficient (Wildman–Crippen LogP) is 7.63. The highest BCUT2D eigenvalue weighted by atomic mass is 16.6. The number of aliphatic hydroxyl groups excluding tert-OH is 3. The Kier molecular flexibility index (Phi) is 78.6. The Hall–Kier alpha value is -11.3. The molecule has 0 saturated heterocycles. The smallest absolute Gasteiger partial charge is 0.339 e. The van der Waals surface area contributed by atoms with Gasteiger partial charge in [0.05, 0.1) is 86.4 Å². The molecule has 1 aromatic rings. The number of hydrogen-bond donors (Lipinski definition) is 5. The second-order valence-corrected chi connectivity index (χ2v) is 30.3. The van der Waals surface area contributed by atoms with Gasteiger partial charge in [-0.1, -0.05) is 79.3 Å². The molecular weight excluding hydrogens is 1790 g/mol. The Bertz CT molecular complexity index is 3860. The maximum absolute atomic E-state index is 12.9. The normalized spacial score (nSPS) is 12.2. The fourth-order valence-electron chi connectivity index (χ4n) is 8.52. The molecule has 1 rings (SSSR count). The lowest BCUT2D eigenvalue weighted by Crippen LogP contribution is -2.43. The number of nitrogens with zero attached hydrogens (tertiary/aromatic N) is 1. The Morgan fingerprint density at radius 3 is 1.10 bits per heavy atom. The molecule has 135 heavy (non-hydrogen) atoms. The Labute approximate surface area is 791 Å². The van der Waals surface area contributed by atoms with Crippen molar-refractivity contribution in [3.8, 4) is 0 Å². The van der Waals surface area contributed by atoms with Gasteiger partial charge in [-0.05, 0) is 100 Å². The van der Waals surface area contributed by atoms with Crippen molar-refractivity contribution in [2.24, 2.45) is 16.2 Å². The molecule has 0 fully saturated rings. The summed E-state index contributed by atoms with van der Waals surface area (Å²) in [5.74, 6) is -11.6. The number of aromatic carboxylic acids is 2. The minimum Gasteiger partial charge on any atom is -0.478 e. The number of methoxy groups -OCH3 is 7. The van der Waals surface area contributed by atoms with E-state index in [1.54, 1.807) is 80.2 Å². The number of hydrogen-bond acceptors (Lipinski definition) is 39. The van der Waals surface area contributed by atoms with Gasteiger partial charge in [0.1, 0.15) is 121 Å². The number of carboxylic acid groups (broad SMARTS) is 2. The number of rotatable bonds is 61. The molecule has 770 valence electrons. The third-order valence-corrected chi connectivity index (χ3v) is 17.5. The number of aliphatic hydroxyl groups is 3. The molecule has 42 nitrogen and oxygen atoms in total. The van der Waals surface area contributed by atoms with Gasteiger partial charge in [0, 0.05) is 104 Å². The lowest BCUT2D eigenvalue weighted by atomic mass is 9.87. The molecule has 0 aliphatic heterocycles. The van der Waals surface area contributed by atoms with Gasteiger partial charge in [-0.15, -0.1) is 6.58 Å². The zero-order valence-electron chi connectivity index (χ0n) is 82.3. The first-order valence-corrected chi connectivity index (χ1v) is 42.2. The number of ether oxygens (including phenoxy) is 20. The number of carboxylic acids is 2. The highest BCUT2D eigenvalue weighted by molar-refractivity contribution is 6.11. The van der Waals surface area contributed by atoms with E-state index in [4.69, 9.17) is 94.7 Å². The van der Waals surface area contributed by atoms with Crippen LogP contribution in [0, 0.1) is 16.2 Å². The first kappa shape index (κ1) is 134. The molecule has 7 atom stereocenters. The molecule has 1 aromatic carbocycles. The summed E-state index contributed by atoms with van der Waals surface area (Å²) in [5, 5.41) is 47.8. The largest absolute Gasteiger partial charge is 0.478 e. The second kappa shape index (κ2) is 79.0. The summed E-state index contributed by atoms with van der Waals surface area (Å²) in [6, 6.07) is 1.49. The van der Waals surface area contributed by atoms with E-state index in [9.17, 15) is 102 Å². The van der Waals surface area contributed by atoms with Crippen LogP contribution in [0.3, 0.4) is 0 Å². The van der Waals surface area contributed by atoms with Gasteiger partial charge >= 0.3 is 83.6 Å². The lowest BCUT2D eigenvalue weighted by Gasteiger charge is -2.29.